The largest absolute Gasteiger partial charge is 0.478 e. The van der Waals surface area contributed by atoms with Crippen molar-refractivity contribution >= 4 is 29.7 Å². The van der Waals surface area contributed by atoms with E-state index in [1.165, 1.54) is 17.8 Å². The summed E-state index contributed by atoms with van der Waals surface area (Å²) < 4.78 is 17.7. The Kier molecular flexibility index (Phi) is 12.2. The van der Waals surface area contributed by atoms with E-state index in [4.69, 9.17) is 14.2 Å². The first-order valence-corrected chi connectivity index (χ1v) is 16.5. The second-order valence-electron chi connectivity index (χ2n) is 10.9. The molecule has 1 aliphatic heterocycles. The predicted molar refractivity (Wildman–Crippen MR) is 179 cm³/mol. The van der Waals surface area contributed by atoms with E-state index in [0.717, 1.165) is 33.4 Å². The van der Waals surface area contributed by atoms with Gasteiger partial charge in [-0.15, -0.1) is 11.8 Å². The maximum Gasteiger partial charge on any atom is 0.338 e. The third-order valence-corrected chi connectivity index (χ3v) is 8.81. The number of carbonyl (C=O) groups is 3. The molecule has 3 atom stereocenters. The number of aromatic carboxylic acids is 1. The Morgan fingerprint density at radius 1 is 0.938 bits per heavy atom. The zero-order valence-corrected chi connectivity index (χ0v) is 27.2. The molecule has 3 aromatic carbocycles. The fraction of sp³-hybridized carbons (Fsp3) is 0.278. The minimum atomic E-state index is -1.03. The number of aliphatic hydroxyl groups is 1. The molecular weight excluding hydrogens is 634 g/mol. The fourth-order valence-corrected chi connectivity index (χ4v) is 6.25. The zero-order chi connectivity index (χ0) is 33.9. The highest BCUT2D eigenvalue weighted by Gasteiger charge is 2.32. The molecule has 12 heteroatoms. The molecule has 0 bridgehead atoms. The number of pyridine rings is 1. The summed E-state index contributed by atoms with van der Waals surface area (Å²) in [6.07, 6.45) is 0.851. The summed E-state index contributed by atoms with van der Waals surface area (Å²) in [5, 5.41) is 24.8. The van der Waals surface area contributed by atoms with Crippen molar-refractivity contribution in [3.05, 3.63) is 119 Å². The van der Waals surface area contributed by atoms with E-state index in [1.807, 2.05) is 72.8 Å². The number of rotatable bonds is 13. The van der Waals surface area contributed by atoms with Gasteiger partial charge < -0.3 is 35.1 Å². The first kappa shape index (κ1) is 34.6. The first-order valence-electron chi connectivity index (χ1n) is 15.5. The number of nitrogens with zero attached hydrogens (tertiary/aromatic N) is 1. The topological polar surface area (TPSA) is 156 Å². The number of carboxylic acid groups (broad SMARTS) is 1. The van der Waals surface area contributed by atoms with Gasteiger partial charge in [-0.05, 0) is 46.9 Å². The van der Waals surface area contributed by atoms with E-state index in [9.17, 15) is 24.6 Å². The van der Waals surface area contributed by atoms with E-state index in [2.05, 4.69) is 15.6 Å². The van der Waals surface area contributed by atoms with Gasteiger partial charge in [-0.1, -0.05) is 72.8 Å². The van der Waals surface area contributed by atoms with Crippen LogP contribution in [0.5, 0.6) is 0 Å². The van der Waals surface area contributed by atoms with Crippen LogP contribution in [0.4, 0.5) is 4.79 Å². The number of nitrogens with one attached hydrogen (secondary N) is 2. The van der Waals surface area contributed by atoms with Crippen LogP contribution < -0.4 is 10.6 Å². The van der Waals surface area contributed by atoms with Crippen molar-refractivity contribution in [1.82, 2.24) is 15.6 Å². The van der Waals surface area contributed by atoms with Gasteiger partial charge in [0.2, 0.25) is 0 Å². The number of hydrogen-bond acceptors (Lipinski definition) is 9. The minimum Gasteiger partial charge on any atom is -0.478 e. The molecule has 250 valence electrons. The van der Waals surface area contributed by atoms with Gasteiger partial charge in [-0.2, -0.15) is 0 Å². The first-order chi connectivity index (χ1) is 23.3. The number of hydrogen-bond donors (Lipinski definition) is 4. The van der Waals surface area contributed by atoms with Crippen molar-refractivity contribution in [2.45, 2.75) is 50.0 Å². The summed E-state index contributed by atoms with van der Waals surface area (Å²) in [7, 11) is 0. The molecule has 1 saturated heterocycles. The molecule has 1 aliphatic rings. The molecule has 2 heterocycles. The maximum absolute atomic E-state index is 12.3. The number of esters is 1. The molecule has 1 fully saturated rings. The lowest BCUT2D eigenvalue weighted by atomic mass is 9.98. The van der Waals surface area contributed by atoms with Gasteiger partial charge >= 0.3 is 18.0 Å². The number of aromatic nitrogens is 1. The Hall–Kier alpha value is -4.75. The monoisotopic (exact) mass is 671 g/mol. The molecule has 4 aromatic rings. The van der Waals surface area contributed by atoms with E-state index in [-0.39, 0.29) is 44.1 Å². The number of ether oxygens (including phenoxy) is 3. The SMILES string of the molecule is CCOC(=O)CNC(=O)NCc1ccccc1-c1ccc([C@@H]2O[C@H](CSc3ncccc3C(=O)O)C[C@H](c3ccc(CO)cc3)O2)cc1. The summed E-state index contributed by atoms with van der Waals surface area (Å²) >= 11 is 1.33. The number of amides is 2. The van der Waals surface area contributed by atoms with Crippen LogP contribution in [-0.4, -0.2) is 58.2 Å². The Balaban J connectivity index is 1.30. The van der Waals surface area contributed by atoms with Crippen molar-refractivity contribution < 1.29 is 38.8 Å². The number of carboxylic acids is 1. The van der Waals surface area contributed by atoms with Crippen molar-refractivity contribution in [3.63, 3.8) is 0 Å². The van der Waals surface area contributed by atoms with Gasteiger partial charge in [0.15, 0.2) is 6.29 Å². The van der Waals surface area contributed by atoms with Gasteiger partial charge in [0.05, 0.1) is 31.0 Å². The zero-order valence-electron chi connectivity index (χ0n) is 26.3. The molecule has 0 spiro atoms. The van der Waals surface area contributed by atoms with E-state index in [0.29, 0.717) is 17.2 Å². The standard InChI is InChI=1S/C36H37N3O8S/c1-2-45-32(41)20-39-36(44)38-19-27-6-3-4-7-29(27)24-13-15-26(16-14-24)35-46-28(22-48-33-30(34(42)43)8-5-17-37-33)18-31(47-35)25-11-9-23(21-40)10-12-25/h3-17,28,31,35,40H,2,18-22H2,1H3,(H,42,43)(H2,38,39,44)/t28-,31+,35+/m0/s1. The van der Waals surface area contributed by atoms with Gasteiger partial charge in [0, 0.05) is 30.5 Å². The van der Waals surface area contributed by atoms with Gasteiger partial charge in [-0.3, -0.25) is 4.79 Å². The molecule has 0 aliphatic carbocycles. The summed E-state index contributed by atoms with van der Waals surface area (Å²) in [4.78, 5) is 39.8. The Bertz CT molecular complexity index is 1700. The van der Waals surface area contributed by atoms with Gasteiger partial charge in [0.25, 0.3) is 0 Å². The molecule has 11 nitrogen and oxygen atoms in total. The molecule has 48 heavy (non-hydrogen) atoms. The summed E-state index contributed by atoms with van der Waals surface area (Å²) in [5.41, 5.74) is 5.45. The Morgan fingerprint density at radius 2 is 1.69 bits per heavy atom. The van der Waals surface area contributed by atoms with Crippen LogP contribution in [0.1, 0.15) is 58.4 Å². The second-order valence-corrected chi connectivity index (χ2v) is 12.0. The lowest BCUT2D eigenvalue weighted by Crippen LogP contribution is -2.38. The average molecular weight is 672 g/mol. The van der Waals surface area contributed by atoms with Gasteiger partial charge in [0.1, 0.15) is 11.6 Å². The van der Waals surface area contributed by atoms with Crippen molar-refractivity contribution in [2.75, 3.05) is 18.9 Å². The summed E-state index contributed by atoms with van der Waals surface area (Å²) in [5.74, 6) is -1.07. The van der Waals surface area contributed by atoms with Crippen LogP contribution in [0.25, 0.3) is 11.1 Å². The molecular formula is C36H37N3O8S. The average Bonchev–Trinajstić information content (AvgIpc) is 3.12. The minimum absolute atomic E-state index is 0.0546. The highest BCUT2D eigenvalue weighted by atomic mass is 32.2. The molecule has 5 rings (SSSR count). The van der Waals surface area contributed by atoms with Gasteiger partial charge in [-0.25, -0.2) is 14.6 Å². The maximum atomic E-state index is 12.3. The Labute approximate surface area is 282 Å². The number of carbonyl (C=O) groups excluding carboxylic acids is 2. The van der Waals surface area contributed by atoms with Crippen LogP contribution in [-0.2, 0) is 32.2 Å². The normalized spacial score (nSPS) is 17.3. The van der Waals surface area contributed by atoms with Crippen LogP contribution in [0, 0.1) is 0 Å². The Morgan fingerprint density at radius 3 is 2.42 bits per heavy atom. The molecule has 0 radical (unpaired) electrons. The molecule has 1 aromatic heterocycles. The number of urea groups is 1. The van der Waals surface area contributed by atoms with Crippen molar-refractivity contribution in [2.24, 2.45) is 0 Å². The molecule has 4 N–H and O–H groups in total. The summed E-state index contributed by atoms with van der Waals surface area (Å²) in [6, 6.07) is 25.8. The lowest BCUT2D eigenvalue weighted by Gasteiger charge is -2.36. The van der Waals surface area contributed by atoms with Crippen LogP contribution >= 0.6 is 11.8 Å². The third kappa shape index (κ3) is 9.20. The molecule has 2 amide bonds. The number of benzene rings is 3. The lowest BCUT2D eigenvalue weighted by molar-refractivity contribution is -0.245. The van der Waals surface area contributed by atoms with Crippen LogP contribution in [0.15, 0.2) is 96.2 Å². The smallest absolute Gasteiger partial charge is 0.338 e. The summed E-state index contributed by atoms with van der Waals surface area (Å²) in [6.45, 7) is 1.93. The van der Waals surface area contributed by atoms with E-state index < -0.39 is 24.3 Å². The van der Waals surface area contributed by atoms with Crippen molar-refractivity contribution in [3.8, 4) is 11.1 Å². The second kappa shape index (κ2) is 16.9. The number of thioether (sulfide) groups is 1. The quantitative estimate of drug-likeness (QED) is 0.104. The number of aliphatic hydroxyl groups excluding tert-OH is 1. The highest BCUT2D eigenvalue weighted by molar-refractivity contribution is 7.99. The third-order valence-electron chi connectivity index (χ3n) is 7.67. The fourth-order valence-electron chi connectivity index (χ4n) is 5.24. The molecule has 0 saturated carbocycles. The van der Waals surface area contributed by atoms with Crippen molar-refractivity contribution in [1.29, 1.82) is 0 Å². The molecule has 0 unspecified atom stereocenters. The highest BCUT2D eigenvalue weighted by Crippen LogP contribution is 2.40. The van der Waals surface area contributed by atoms with Crippen LogP contribution in [0.3, 0.4) is 0 Å². The van der Waals surface area contributed by atoms with E-state index in [1.54, 1.807) is 19.2 Å². The van der Waals surface area contributed by atoms with Crippen LogP contribution in [0.2, 0.25) is 0 Å². The predicted octanol–water partition coefficient (Wildman–Crippen LogP) is 5.64. The van der Waals surface area contributed by atoms with E-state index >= 15 is 0 Å².